The number of carbonyl (C=O) groups excluding carboxylic acids is 1. The first-order valence-corrected chi connectivity index (χ1v) is 9.49. The Bertz CT molecular complexity index is 929. The maximum Gasteiger partial charge on any atom is 0.189 e. The first-order valence-electron chi connectivity index (χ1n) is 9.12. The first-order chi connectivity index (χ1) is 13.1. The highest BCUT2D eigenvalue weighted by Crippen LogP contribution is 2.38. The average molecular weight is 384 g/mol. The van der Waals surface area contributed by atoms with Gasteiger partial charge < -0.3 is 14.4 Å². The number of benzene rings is 2. The number of halogens is 1. The smallest absolute Gasteiger partial charge is 0.189 e. The highest BCUT2D eigenvalue weighted by atomic mass is 35.5. The monoisotopic (exact) mass is 383 g/mol. The van der Waals surface area contributed by atoms with Crippen LogP contribution >= 0.6 is 11.6 Å². The van der Waals surface area contributed by atoms with Crippen molar-refractivity contribution in [1.29, 1.82) is 0 Å². The molecule has 1 aliphatic carbocycles. The minimum absolute atomic E-state index is 0.0752. The molecule has 0 N–H and O–H groups in total. The molecule has 0 atom stereocenters. The Kier molecular flexibility index (Phi) is 4.94. The van der Waals surface area contributed by atoms with Crippen LogP contribution < -0.4 is 9.64 Å². The van der Waals surface area contributed by atoms with Gasteiger partial charge in [-0.25, -0.2) is 0 Å². The van der Waals surface area contributed by atoms with Crippen LogP contribution in [0.1, 0.15) is 27.0 Å². The molecule has 0 saturated carbocycles. The van der Waals surface area contributed by atoms with Gasteiger partial charge in [0.1, 0.15) is 5.75 Å². The van der Waals surface area contributed by atoms with Crippen LogP contribution in [0.25, 0.3) is 6.08 Å². The molecule has 1 aliphatic heterocycles. The van der Waals surface area contributed by atoms with E-state index < -0.39 is 0 Å². The van der Waals surface area contributed by atoms with Crippen molar-refractivity contribution in [3.05, 3.63) is 63.2 Å². The third-order valence-corrected chi connectivity index (χ3v) is 5.47. The van der Waals surface area contributed by atoms with E-state index in [0.29, 0.717) is 24.7 Å². The first kappa shape index (κ1) is 18.1. The number of fused-ring (bicyclic) bond motifs is 1. The molecule has 0 aromatic heterocycles. The highest BCUT2D eigenvalue weighted by Gasteiger charge is 2.28. The van der Waals surface area contributed by atoms with Crippen molar-refractivity contribution in [2.45, 2.75) is 13.3 Å². The van der Waals surface area contributed by atoms with E-state index in [1.54, 1.807) is 7.11 Å². The maximum absolute atomic E-state index is 13.0. The van der Waals surface area contributed by atoms with Crippen LogP contribution in [-0.2, 0) is 11.2 Å². The van der Waals surface area contributed by atoms with E-state index in [-0.39, 0.29) is 5.78 Å². The molecule has 0 bridgehead atoms. The molecule has 2 aliphatic rings. The van der Waals surface area contributed by atoms with E-state index in [4.69, 9.17) is 21.1 Å². The van der Waals surface area contributed by atoms with E-state index in [2.05, 4.69) is 11.0 Å². The van der Waals surface area contributed by atoms with Crippen molar-refractivity contribution in [1.82, 2.24) is 0 Å². The molecule has 1 heterocycles. The number of carbonyl (C=O) groups is 1. The molecule has 0 radical (unpaired) electrons. The standard InChI is InChI=1S/C22H22ClNO3/c1-14-9-18(23)4-3-15(14)10-17-11-16-12-20(24-5-7-27-8-6-24)21(26-2)13-19(16)22(17)25/h3-4,9-10,12-13H,5-8,11H2,1-2H3/b17-10+. The van der Waals surface area contributed by atoms with Gasteiger partial charge in [-0.05, 0) is 54.0 Å². The van der Waals surface area contributed by atoms with Crippen molar-refractivity contribution in [3.8, 4) is 5.75 Å². The number of morpholine rings is 1. The number of aryl methyl sites for hydroxylation is 1. The fourth-order valence-electron chi connectivity index (χ4n) is 3.75. The number of ether oxygens (including phenoxy) is 2. The third-order valence-electron chi connectivity index (χ3n) is 5.24. The van der Waals surface area contributed by atoms with Crippen molar-refractivity contribution in [2.24, 2.45) is 0 Å². The summed E-state index contributed by atoms with van der Waals surface area (Å²) in [5, 5.41) is 0.704. The minimum atomic E-state index is 0.0752. The molecule has 0 amide bonds. The number of hydrogen-bond acceptors (Lipinski definition) is 4. The normalized spacial score (nSPS) is 18.1. The van der Waals surface area contributed by atoms with E-state index in [0.717, 1.165) is 52.4 Å². The van der Waals surface area contributed by atoms with E-state index in [1.807, 2.05) is 37.3 Å². The van der Waals surface area contributed by atoms with Gasteiger partial charge in [0.2, 0.25) is 0 Å². The lowest BCUT2D eigenvalue weighted by molar-refractivity contribution is 0.104. The van der Waals surface area contributed by atoms with E-state index in [9.17, 15) is 4.79 Å². The Morgan fingerprint density at radius 3 is 2.67 bits per heavy atom. The second-order valence-electron chi connectivity index (χ2n) is 6.96. The summed E-state index contributed by atoms with van der Waals surface area (Å²) in [6.07, 6.45) is 2.62. The van der Waals surface area contributed by atoms with Crippen molar-refractivity contribution >= 4 is 29.1 Å². The fraction of sp³-hybridized carbons (Fsp3) is 0.318. The van der Waals surface area contributed by atoms with Gasteiger partial charge in [0, 0.05) is 35.7 Å². The Morgan fingerprint density at radius 2 is 1.96 bits per heavy atom. The van der Waals surface area contributed by atoms with Crippen molar-refractivity contribution in [3.63, 3.8) is 0 Å². The number of nitrogens with zero attached hydrogens (tertiary/aromatic N) is 1. The van der Waals surface area contributed by atoms with Crippen LogP contribution in [0, 0.1) is 6.92 Å². The molecule has 4 rings (SSSR count). The summed E-state index contributed by atoms with van der Waals surface area (Å²) in [7, 11) is 1.65. The van der Waals surface area contributed by atoms with Crippen LogP contribution in [0.15, 0.2) is 35.9 Å². The van der Waals surface area contributed by atoms with Crippen molar-refractivity contribution in [2.75, 3.05) is 38.3 Å². The molecular weight excluding hydrogens is 362 g/mol. The summed E-state index contributed by atoms with van der Waals surface area (Å²) in [6, 6.07) is 9.72. The number of allylic oxidation sites excluding steroid dienone is 1. The minimum Gasteiger partial charge on any atom is -0.495 e. The summed E-state index contributed by atoms with van der Waals surface area (Å²) in [6.45, 7) is 5.08. The van der Waals surface area contributed by atoms with Gasteiger partial charge in [0.25, 0.3) is 0 Å². The lowest BCUT2D eigenvalue weighted by Crippen LogP contribution is -2.36. The fourth-order valence-corrected chi connectivity index (χ4v) is 3.97. The average Bonchev–Trinajstić information content (AvgIpc) is 2.98. The molecule has 27 heavy (non-hydrogen) atoms. The molecule has 1 saturated heterocycles. The predicted octanol–water partition coefficient (Wildman–Crippen LogP) is 4.32. The number of methoxy groups -OCH3 is 1. The molecular formula is C22H22ClNO3. The SMILES string of the molecule is COc1cc2c(cc1N1CCOCC1)C/C(=C\c1ccc(Cl)cc1C)C2=O. The van der Waals surface area contributed by atoms with Gasteiger partial charge in [-0.2, -0.15) is 0 Å². The van der Waals surface area contributed by atoms with Gasteiger partial charge in [0.05, 0.1) is 26.0 Å². The molecule has 140 valence electrons. The Hall–Kier alpha value is -2.30. The Labute approximate surface area is 164 Å². The van der Waals surface area contributed by atoms with Crippen molar-refractivity contribution < 1.29 is 14.3 Å². The highest BCUT2D eigenvalue weighted by molar-refractivity contribution is 6.30. The topological polar surface area (TPSA) is 38.8 Å². The zero-order valence-corrected chi connectivity index (χ0v) is 16.3. The third kappa shape index (κ3) is 3.47. The largest absolute Gasteiger partial charge is 0.495 e. The number of anilines is 1. The van der Waals surface area contributed by atoms with Crippen LogP contribution in [0.2, 0.25) is 5.02 Å². The summed E-state index contributed by atoms with van der Waals surface area (Å²) >= 11 is 6.04. The Balaban J connectivity index is 1.70. The molecule has 2 aromatic carbocycles. The zero-order valence-electron chi connectivity index (χ0n) is 15.5. The van der Waals surface area contributed by atoms with Gasteiger partial charge in [0.15, 0.2) is 5.78 Å². The summed E-state index contributed by atoms with van der Waals surface area (Å²) in [5.41, 5.74) is 5.72. The predicted molar refractivity (Wildman–Crippen MR) is 108 cm³/mol. The van der Waals surface area contributed by atoms with Crippen LogP contribution in [0.3, 0.4) is 0 Å². The number of rotatable bonds is 3. The lowest BCUT2D eigenvalue weighted by atomic mass is 10.0. The van der Waals surface area contributed by atoms with Crippen LogP contribution in [0.5, 0.6) is 5.75 Å². The van der Waals surface area contributed by atoms with Gasteiger partial charge >= 0.3 is 0 Å². The zero-order chi connectivity index (χ0) is 19.0. The van der Waals surface area contributed by atoms with E-state index >= 15 is 0 Å². The number of hydrogen-bond donors (Lipinski definition) is 0. The van der Waals surface area contributed by atoms with Gasteiger partial charge in [-0.15, -0.1) is 0 Å². The molecule has 4 nitrogen and oxygen atoms in total. The quantitative estimate of drug-likeness (QED) is 0.740. The summed E-state index contributed by atoms with van der Waals surface area (Å²) in [4.78, 5) is 15.2. The summed E-state index contributed by atoms with van der Waals surface area (Å²) < 4.78 is 11.0. The Morgan fingerprint density at radius 1 is 1.19 bits per heavy atom. The van der Waals surface area contributed by atoms with Gasteiger partial charge in [-0.3, -0.25) is 4.79 Å². The van der Waals surface area contributed by atoms with Crippen LogP contribution in [-0.4, -0.2) is 39.2 Å². The van der Waals surface area contributed by atoms with E-state index in [1.165, 1.54) is 0 Å². The van der Waals surface area contributed by atoms with Crippen LogP contribution in [0.4, 0.5) is 5.69 Å². The molecule has 0 unspecified atom stereocenters. The summed E-state index contributed by atoms with van der Waals surface area (Å²) in [5.74, 6) is 0.819. The molecule has 0 spiro atoms. The second kappa shape index (κ2) is 7.37. The number of Topliss-reactive ketones (excluding diaryl/α,β-unsaturated/α-hetero) is 1. The molecule has 2 aromatic rings. The lowest BCUT2D eigenvalue weighted by Gasteiger charge is -2.30. The molecule has 5 heteroatoms. The maximum atomic E-state index is 13.0. The molecule has 1 fully saturated rings. The second-order valence-corrected chi connectivity index (χ2v) is 7.39. The number of ketones is 1. The van der Waals surface area contributed by atoms with Gasteiger partial charge in [-0.1, -0.05) is 17.7 Å².